The Morgan fingerprint density at radius 1 is 1.06 bits per heavy atom. The molecule has 2 aromatic rings. The Morgan fingerprint density at radius 3 is 2.35 bits per heavy atom. The van der Waals surface area contributed by atoms with Gasteiger partial charge >= 0.3 is 0 Å². The van der Waals surface area contributed by atoms with Crippen LogP contribution in [0.15, 0.2) is 48.5 Å². The molecule has 0 saturated carbocycles. The summed E-state index contributed by atoms with van der Waals surface area (Å²) in [4.78, 5) is 0.226. The number of halogens is 2. The molecule has 0 aliphatic rings. The quantitative estimate of drug-likeness (QED) is 0.712. The standard InChI is InChI=1S/C15H14BrF/c1-11-4-2-3-5-13(11)10-15(16)12-6-8-14(17)9-7-12/h2-9,15H,10H2,1H3. The van der Waals surface area contributed by atoms with E-state index in [1.807, 2.05) is 24.3 Å². The Bertz CT molecular complexity index is 491. The van der Waals surface area contributed by atoms with Crippen molar-refractivity contribution in [3.63, 3.8) is 0 Å². The maximum absolute atomic E-state index is 12.8. The van der Waals surface area contributed by atoms with Gasteiger partial charge in [-0.1, -0.05) is 52.3 Å². The minimum atomic E-state index is -0.190. The van der Waals surface area contributed by atoms with Crippen molar-refractivity contribution in [3.8, 4) is 0 Å². The number of aryl methyl sites for hydroxylation is 1. The van der Waals surface area contributed by atoms with E-state index in [0.29, 0.717) is 0 Å². The van der Waals surface area contributed by atoms with Gasteiger partial charge in [0.1, 0.15) is 5.82 Å². The molecule has 0 N–H and O–H groups in total. The van der Waals surface area contributed by atoms with Crippen molar-refractivity contribution in [1.29, 1.82) is 0 Å². The van der Waals surface area contributed by atoms with E-state index in [9.17, 15) is 4.39 Å². The van der Waals surface area contributed by atoms with Crippen molar-refractivity contribution in [2.45, 2.75) is 18.2 Å². The van der Waals surface area contributed by atoms with Crippen molar-refractivity contribution >= 4 is 15.9 Å². The first kappa shape index (κ1) is 12.3. The maximum Gasteiger partial charge on any atom is 0.123 e. The first-order valence-electron chi connectivity index (χ1n) is 5.61. The lowest BCUT2D eigenvalue weighted by Crippen LogP contribution is -1.97. The van der Waals surface area contributed by atoms with E-state index in [2.05, 4.69) is 35.0 Å². The van der Waals surface area contributed by atoms with Crippen molar-refractivity contribution in [3.05, 3.63) is 71.0 Å². The van der Waals surface area contributed by atoms with Crippen LogP contribution in [0.25, 0.3) is 0 Å². The largest absolute Gasteiger partial charge is 0.207 e. The van der Waals surface area contributed by atoms with Crippen LogP contribution in [0.4, 0.5) is 4.39 Å². The van der Waals surface area contributed by atoms with Crippen molar-refractivity contribution in [2.75, 3.05) is 0 Å². The van der Waals surface area contributed by atoms with E-state index in [0.717, 1.165) is 12.0 Å². The Labute approximate surface area is 110 Å². The first-order chi connectivity index (χ1) is 8.16. The summed E-state index contributed by atoms with van der Waals surface area (Å²) in [7, 11) is 0. The van der Waals surface area contributed by atoms with E-state index in [1.54, 1.807) is 0 Å². The summed E-state index contributed by atoms with van der Waals surface area (Å²) in [6.45, 7) is 2.11. The van der Waals surface area contributed by atoms with E-state index >= 15 is 0 Å². The third-order valence-electron chi connectivity index (χ3n) is 2.89. The van der Waals surface area contributed by atoms with Crippen LogP contribution in [-0.2, 0) is 6.42 Å². The van der Waals surface area contributed by atoms with E-state index < -0.39 is 0 Å². The van der Waals surface area contributed by atoms with Gasteiger partial charge in [-0.3, -0.25) is 0 Å². The average Bonchev–Trinajstić information content (AvgIpc) is 2.33. The average molecular weight is 293 g/mol. The second-order valence-electron chi connectivity index (χ2n) is 4.15. The SMILES string of the molecule is Cc1ccccc1CC(Br)c1ccc(F)cc1. The molecule has 0 bridgehead atoms. The summed E-state index contributed by atoms with van der Waals surface area (Å²) in [5.41, 5.74) is 3.72. The molecule has 0 saturated heterocycles. The van der Waals surface area contributed by atoms with Gasteiger partial charge in [0.25, 0.3) is 0 Å². The van der Waals surface area contributed by atoms with E-state index in [1.165, 1.54) is 23.3 Å². The van der Waals surface area contributed by atoms with Gasteiger partial charge in [-0.2, -0.15) is 0 Å². The Morgan fingerprint density at radius 2 is 1.71 bits per heavy atom. The molecule has 0 amide bonds. The third kappa shape index (κ3) is 3.16. The molecule has 0 aliphatic carbocycles. The molecule has 0 heterocycles. The summed E-state index contributed by atoms with van der Waals surface area (Å²) < 4.78 is 12.8. The highest BCUT2D eigenvalue weighted by molar-refractivity contribution is 9.09. The van der Waals surface area contributed by atoms with Crippen LogP contribution in [-0.4, -0.2) is 0 Å². The number of benzene rings is 2. The van der Waals surface area contributed by atoms with Crippen molar-refractivity contribution in [2.24, 2.45) is 0 Å². The van der Waals surface area contributed by atoms with Gasteiger partial charge in [0.05, 0.1) is 0 Å². The molecular formula is C15H14BrF. The fourth-order valence-corrected chi connectivity index (χ4v) is 2.48. The minimum Gasteiger partial charge on any atom is -0.207 e. The summed E-state index contributed by atoms with van der Waals surface area (Å²) in [6, 6.07) is 15.0. The highest BCUT2D eigenvalue weighted by Gasteiger charge is 2.09. The van der Waals surface area contributed by atoms with E-state index in [-0.39, 0.29) is 10.6 Å². The number of alkyl halides is 1. The molecular weight excluding hydrogens is 279 g/mol. The molecule has 88 valence electrons. The highest BCUT2D eigenvalue weighted by atomic mass is 79.9. The van der Waals surface area contributed by atoms with Crippen LogP contribution < -0.4 is 0 Å². The van der Waals surface area contributed by atoms with Crippen LogP contribution in [0.2, 0.25) is 0 Å². The molecule has 2 aromatic carbocycles. The Hall–Kier alpha value is -1.15. The van der Waals surface area contributed by atoms with Crippen LogP contribution in [0.3, 0.4) is 0 Å². The normalized spacial score (nSPS) is 12.4. The maximum atomic E-state index is 12.8. The molecule has 0 nitrogen and oxygen atoms in total. The van der Waals surface area contributed by atoms with E-state index in [4.69, 9.17) is 0 Å². The zero-order chi connectivity index (χ0) is 12.3. The molecule has 0 spiro atoms. The molecule has 0 fully saturated rings. The van der Waals surface area contributed by atoms with Crippen molar-refractivity contribution in [1.82, 2.24) is 0 Å². The number of hydrogen-bond donors (Lipinski definition) is 0. The molecule has 1 unspecified atom stereocenters. The summed E-state index contributed by atoms with van der Waals surface area (Å²) >= 11 is 3.66. The van der Waals surface area contributed by atoms with Crippen LogP contribution in [0.1, 0.15) is 21.5 Å². The summed E-state index contributed by atoms with van der Waals surface area (Å²) in [6.07, 6.45) is 0.915. The fraction of sp³-hybridized carbons (Fsp3) is 0.200. The Kier molecular flexibility index (Phi) is 3.95. The molecule has 2 heteroatoms. The molecule has 0 aliphatic heterocycles. The highest BCUT2D eigenvalue weighted by Crippen LogP contribution is 2.28. The second kappa shape index (κ2) is 5.46. The fourth-order valence-electron chi connectivity index (χ4n) is 1.82. The van der Waals surface area contributed by atoms with Gasteiger partial charge in [0, 0.05) is 4.83 Å². The third-order valence-corrected chi connectivity index (χ3v) is 3.74. The van der Waals surface area contributed by atoms with Gasteiger partial charge in [-0.15, -0.1) is 0 Å². The summed E-state index contributed by atoms with van der Waals surface area (Å²) in [5.74, 6) is -0.190. The number of rotatable bonds is 3. The van der Waals surface area contributed by atoms with Crippen LogP contribution >= 0.6 is 15.9 Å². The zero-order valence-corrected chi connectivity index (χ0v) is 11.2. The lowest BCUT2D eigenvalue weighted by atomic mass is 10.0. The summed E-state index contributed by atoms with van der Waals surface area (Å²) in [5, 5.41) is 0. The molecule has 0 aromatic heterocycles. The lowest BCUT2D eigenvalue weighted by molar-refractivity contribution is 0.627. The molecule has 17 heavy (non-hydrogen) atoms. The predicted molar refractivity (Wildman–Crippen MR) is 73.0 cm³/mol. The Balaban J connectivity index is 2.14. The topological polar surface area (TPSA) is 0 Å². The first-order valence-corrected chi connectivity index (χ1v) is 6.52. The lowest BCUT2D eigenvalue weighted by Gasteiger charge is -2.12. The van der Waals surface area contributed by atoms with Crippen molar-refractivity contribution < 1.29 is 4.39 Å². The van der Waals surface area contributed by atoms with Gasteiger partial charge in [-0.25, -0.2) is 4.39 Å². The van der Waals surface area contributed by atoms with Gasteiger partial charge < -0.3 is 0 Å². The predicted octanol–water partition coefficient (Wildman–Crippen LogP) is 4.81. The van der Waals surface area contributed by atoms with Gasteiger partial charge in [-0.05, 0) is 42.2 Å². The van der Waals surface area contributed by atoms with Crippen LogP contribution in [0, 0.1) is 12.7 Å². The van der Waals surface area contributed by atoms with Gasteiger partial charge in [0.2, 0.25) is 0 Å². The molecule has 2 rings (SSSR count). The molecule has 0 radical (unpaired) electrons. The minimum absolute atomic E-state index is 0.190. The number of hydrogen-bond acceptors (Lipinski definition) is 0. The van der Waals surface area contributed by atoms with Gasteiger partial charge in [0.15, 0.2) is 0 Å². The monoisotopic (exact) mass is 292 g/mol. The smallest absolute Gasteiger partial charge is 0.123 e. The zero-order valence-electron chi connectivity index (χ0n) is 9.66. The van der Waals surface area contributed by atoms with Crippen LogP contribution in [0.5, 0.6) is 0 Å². The second-order valence-corrected chi connectivity index (χ2v) is 5.26. The molecule has 1 atom stereocenters.